The highest BCUT2D eigenvalue weighted by atomic mass is 16.5. The number of carbonyl (C=O) groups is 2. The fourth-order valence-corrected chi connectivity index (χ4v) is 3.45. The van der Waals surface area contributed by atoms with Gasteiger partial charge in [-0.05, 0) is 36.4 Å². The average molecular weight is 385 g/mol. The van der Waals surface area contributed by atoms with E-state index >= 15 is 0 Å². The van der Waals surface area contributed by atoms with Crippen molar-refractivity contribution in [3.63, 3.8) is 0 Å². The van der Waals surface area contributed by atoms with Crippen molar-refractivity contribution in [3.8, 4) is 22.9 Å². The lowest BCUT2D eigenvalue weighted by molar-refractivity contribution is 0.0922. The lowest BCUT2D eigenvalue weighted by Crippen LogP contribution is -2.31. The average Bonchev–Trinajstić information content (AvgIpc) is 3.47. The molecule has 0 saturated carbocycles. The van der Waals surface area contributed by atoms with Crippen LogP contribution < -0.4 is 9.64 Å². The predicted molar refractivity (Wildman–Crippen MR) is 105 cm³/mol. The number of imide groups is 1. The van der Waals surface area contributed by atoms with Gasteiger partial charge >= 0.3 is 0 Å². The molecule has 0 bridgehead atoms. The number of hydrogen-bond acceptors (Lipinski definition) is 5. The molecule has 0 saturated heterocycles. The smallest absolute Gasteiger partial charge is 0.284 e. The number of fused-ring (bicyclic) bond motifs is 1. The fraction of sp³-hybridized carbons (Fsp3) is 0.0455. The summed E-state index contributed by atoms with van der Waals surface area (Å²) in [7, 11) is 1.53. The molecule has 0 radical (unpaired) electrons. The van der Waals surface area contributed by atoms with Gasteiger partial charge in [-0.2, -0.15) is 5.10 Å². The van der Waals surface area contributed by atoms with Gasteiger partial charge in [0.2, 0.25) is 0 Å². The van der Waals surface area contributed by atoms with Crippen LogP contribution in [0.2, 0.25) is 0 Å². The number of rotatable bonds is 4. The molecular formula is C22H15N3O4. The summed E-state index contributed by atoms with van der Waals surface area (Å²) in [6.45, 7) is 0. The Hall–Kier alpha value is -4.13. The summed E-state index contributed by atoms with van der Waals surface area (Å²) in [4.78, 5) is 27.8. The molecule has 1 aliphatic rings. The zero-order valence-electron chi connectivity index (χ0n) is 15.4. The first kappa shape index (κ1) is 17.0. The highest BCUT2D eigenvalue weighted by Crippen LogP contribution is 2.37. The Labute approximate surface area is 165 Å². The second kappa shape index (κ2) is 6.49. The summed E-state index contributed by atoms with van der Waals surface area (Å²) < 4.78 is 12.2. The number of para-hydroxylation sites is 1. The zero-order chi connectivity index (χ0) is 20.0. The molecule has 2 aromatic heterocycles. The van der Waals surface area contributed by atoms with E-state index in [9.17, 15) is 9.59 Å². The summed E-state index contributed by atoms with van der Waals surface area (Å²) in [5, 5.41) is 4.54. The maximum absolute atomic E-state index is 13.4. The van der Waals surface area contributed by atoms with E-state index in [0.29, 0.717) is 28.6 Å². The molecule has 0 unspecified atom stereocenters. The quantitative estimate of drug-likeness (QED) is 0.497. The van der Waals surface area contributed by atoms with Crippen molar-refractivity contribution in [2.24, 2.45) is 0 Å². The Balaban J connectivity index is 1.72. The van der Waals surface area contributed by atoms with Crippen LogP contribution >= 0.6 is 0 Å². The standard InChI is InChI=1S/C22H15N3O4/c1-28-16-10-5-9-15(13-16)24-21(26)18-19(17-11-6-12-29-17)23-25(20(18)22(24)27)14-7-3-2-4-8-14/h2-13H,1H3. The summed E-state index contributed by atoms with van der Waals surface area (Å²) in [5.41, 5.74) is 1.86. The van der Waals surface area contributed by atoms with Gasteiger partial charge in [-0.3, -0.25) is 9.59 Å². The SMILES string of the molecule is COc1cccc(N2C(=O)c3c(-c4ccco4)nn(-c4ccccc4)c3C2=O)c1. The van der Waals surface area contributed by atoms with Crippen LogP contribution in [0.5, 0.6) is 5.75 Å². The number of hydrogen-bond donors (Lipinski definition) is 0. The van der Waals surface area contributed by atoms with Crippen LogP contribution in [0.15, 0.2) is 77.4 Å². The molecule has 3 heterocycles. The number of anilines is 1. The van der Waals surface area contributed by atoms with Gasteiger partial charge in [-0.1, -0.05) is 24.3 Å². The van der Waals surface area contributed by atoms with Crippen molar-refractivity contribution < 1.29 is 18.7 Å². The fourth-order valence-electron chi connectivity index (χ4n) is 3.45. The molecule has 0 N–H and O–H groups in total. The van der Waals surface area contributed by atoms with Crippen LogP contribution in [0.1, 0.15) is 20.8 Å². The van der Waals surface area contributed by atoms with Gasteiger partial charge < -0.3 is 9.15 Å². The maximum Gasteiger partial charge on any atom is 0.284 e. The van der Waals surface area contributed by atoms with Crippen LogP contribution in [-0.4, -0.2) is 28.7 Å². The minimum absolute atomic E-state index is 0.204. The third-order valence-electron chi connectivity index (χ3n) is 4.77. The number of furan rings is 1. The van der Waals surface area contributed by atoms with Crippen molar-refractivity contribution in [2.75, 3.05) is 12.0 Å². The number of ether oxygens (including phenoxy) is 1. The highest BCUT2D eigenvalue weighted by molar-refractivity contribution is 6.35. The third kappa shape index (κ3) is 2.55. The molecule has 2 aromatic carbocycles. The van der Waals surface area contributed by atoms with Gasteiger partial charge in [-0.25, -0.2) is 9.58 Å². The Morgan fingerprint density at radius 1 is 0.897 bits per heavy atom. The first-order chi connectivity index (χ1) is 14.2. The van der Waals surface area contributed by atoms with Crippen molar-refractivity contribution in [3.05, 3.63) is 84.3 Å². The molecule has 29 heavy (non-hydrogen) atoms. The molecule has 1 aliphatic heterocycles. The van der Waals surface area contributed by atoms with Crippen LogP contribution in [-0.2, 0) is 0 Å². The second-order valence-corrected chi connectivity index (χ2v) is 6.44. The molecule has 0 spiro atoms. The minimum Gasteiger partial charge on any atom is -0.497 e. The molecule has 5 rings (SSSR count). The van der Waals surface area contributed by atoms with Gasteiger partial charge in [0.25, 0.3) is 11.8 Å². The Bertz CT molecular complexity index is 1230. The minimum atomic E-state index is -0.452. The van der Waals surface area contributed by atoms with Gasteiger partial charge in [-0.15, -0.1) is 0 Å². The molecule has 7 heteroatoms. The van der Waals surface area contributed by atoms with E-state index in [0.717, 1.165) is 4.90 Å². The number of methoxy groups -OCH3 is 1. The monoisotopic (exact) mass is 385 g/mol. The topological polar surface area (TPSA) is 77.6 Å². The Morgan fingerprint density at radius 2 is 1.69 bits per heavy atom. The first-order valence-electron chi connectivity index (χ1n) is 8.94. The Kier molecular flexibility index (Phi) is 3.80. The van der Waals surface area contributed by atoms with Crippen LogP contribution in [0.25, 0.3) is 17.1 Å². The van der Waals surface area contributed by atoms with E-state index in [-0.39, 0.29) is 11.3 Å². The van der Waals surface area contributed by atoms with Gasteiger partial charge in [0.15, 0.2) is 5.76 Å². The van der Waals surface area contributed by atoms with E-state index in [1.54, 1.807) is 36.4 Å². The van der Waals surface area contributed by atoms with Gasteiger partial charge in [0.1, 0.15) is 22.7 Å². The van der Waals surface area contributed by atoms with Crippen LogP contribution in [0.4, 0.5) is 5.69 Å². The zero-order valence-corrected chi connectivity index (χ0v) is 15.4. The largest absolute Gasteiger partial charge is 0.497 e. The van der Waals surface area contributed by atoms with Crippen molar-refractivity contribution >= 4 is 17.5 Å². The highest BCUT2D eigenvalue weighted by Gasteiger charge is 2.44. The number of amides is 2. The summed E-state index contributed by atoms with van der Waals surface area (Å²) >= 11 is 0. The van der Waals surface area contributed by atoms with Gasteiger partial charge in [0, 0.05) is 6.07 Å². The number of carbonyl (C=O) groups excluding carboxylic acids is 2. The van der Waals surface area contributed by atoms with Crippen molar-refractivity contribution in [1.82, 2.24) is 9.78 Å². The van der Waals surface area contributed by atoms with E-state index in [4.69, 9.17) is 9.15 Å². The molecule has 0 aliphatic carbocycles. The molecule has 4 aromatic rings. The van der Waals surface area contributed by atoms with Crippen molar-refractivity contribution in [1.29, 1.82) is 0 Å². The second-order valence-electron chi connectivity index (χ2n) is 6.44. The lowest BCUT2D eigenvalue weighted by atomic mass is 10.1. The van der Waals surface area contributed by atoms with E-state index < -0.39 is 11.8 Å². The lowest BCUT2D eigenvalue weighted by Gasteiger charge is -2.16. The van der Waals surface area contributed by atoms with E-state index in [2.05, 4.69) is 5.10 Å². The number of benzene rings is 2. The molecule has 2 amide bonds. The first-order valence-corrected chi connectivity index (χ1v) is 8.94. The molecule has 7 nitrogen and oxygen atoms in total. The van der Waals surface area contributed by atoms with E-state index in [1.165, 1.54) is 18.1 Å². The summed E-state index contributed by atoms with van der Waals surface area (Å²) in [5.74, 6) is 0.0684. The van der Waals surface area contributed by atoms with Crippen LogP contribution in [0.3, 0.4) is 0 Å². The Morgan fingerprint density at radius 3 is 2.41 bits per heavy atom. The third-order valence-corrected chi connectivity index (χ3v) is 4.77. The maximum atomic E-state index is 13.4. The molecule has 142 valence electrons. The molecule has 0 fully saturated rings. The van der Waals surface area contributed by atoms with Gasteiger partial charge in [0.05, 0.1) is 24.7 Å². The molecule has 0 atom stereocenters. The number of nitrogens with zero attached hydrogens (tertiary/aromatic N) is 3. The summed E-state index contributed by atoms with van der Waals surface area (Å²) in [6, 6.07) is 19.5. The summed E-state index contributed by atoms with van der Waals surface area (Å²) in [6.07, 6.45) is 1.50. The predicted octanol–water partition coefficient (Wildman–Crippen LogP) is 3.94. The molecular weight excluding hydrogens is 370 g/mol. The van der Waals surface area contributed by atoms with Crippen molar-refractivity contribution in [2.45, 2.75) is 0 Å². The van der Waals surface area contributed by atoms with E-state index in [1.807, 2.05) is 30.3 Å². The van der Waals surface area contributed by atoms with Crippen LogP contribution in [0, 0.1) is 0 Å². The normalized spacial score (nSPS) is 13.1. The number of aromatic nitrogens is 2.